The molecule has 1 aliphatic rings. The minimum atomic E-state index is -0.460. The predicted octanol–water partition coefficient (Wildman–Crippen LogP) is 1.54. The van der Waals surface area contributed by atoms with E-state index in [2.05, 4.69) is 0 Å². The smallest absolute Gasteiger partial charge is 0.118 e. The summed E-state index contributed by atoms with van der Waals surface area (Å²) in [5.41, 5.74) is 0. The lowest BCUT2D eigenvalue weighted by molar-refractivity contribution is -0.206. The summed E-state index contributed by atoms with van der Waals surface area (Å²) in [5.74, 6) is 0. The van der Waals surface area contributed by atoms with Crippen LogP contribution in [-0.4, -0.2) is 31.1 Å². The molecule has 4 atom stereocenters. The largest absolute Gasteiger partial charge is 0.370 e. The van der Waals surface area contributed by atoms with Gasteiger partial charge in [0.2, 0.25) is 0 Å². The minimum Gasteiger partial charge on any atom is -0.370 e. The Bertz CT molecular complexity index is 129. The van der Waals surface area contributed by atoms with Crippen molar-refractivity contribution in [2.75, 3.05) is 6.67 Å². The summed E-state index contributed by atoms with van der Waals surface area (Å²) in [7, 11) is 0. The van der Waals surface area contributed by atoms with Crippen molar-refractivity contribution in [3.8, 4) is 0 Å². The maximum atomic E-state index is 12.2. The second kappa shape index (κ2) is 3.50. The van der Waals surface area contributed by atoms with E-state index in [1.54, 1.807) is 0 Å². The Morgan fingerprint density at radius 3 is 2.09 bits per heavy atom. The van der Waals surface area contributed by atoms with Gasteiger partial charge in [0, 0.05) is 0 Å². The topological polar surface area (TPSA) is 18.5 Å². The van der Waals surface area contributed by atoms with Crippen LogP contribution in [-0.2, 0) is 9.47 Å². The molecular weight excluding hydrogens is 147 g/mol. The zero-order valence-corrected chi connectivity index (χ0v) is 7.21. The van der Waals surface area contributed by atoms with Crippen LogP contribution in [0.2, 0.25) is 0 Å². The van der Waals surface area contributed by atoms with Gasteiger partial charge in [-0.1, -0.05) is 0 Å². The van der Waals surface area contributed by atoms with Gasteiger partial charge in [-0.3, -0.25) is 0 Å². The van der Waals surface area contributed by atoms with E-state index in [9.17, 15) is 4.39 Å². The molecule has 1 saturated heterocycles. The molecule has 0 aromatic heterocycles. The highest BCUT2D eigenvalue weighted by molar-refractivity contribution is 4.76. The fourth-order valence-electron chi connectivity index (χ4n) is 1.20. The molecule has 3 heteroatoms. The summed E-state index contributed by atoms with van der Waals surface area (Å²) in [6.07, 6.45) is -0.410. The molecule has 1 fully saturated rings. The van der Waals surface area contributed by atoms with Crippen LogP contribution in [0.1, 0.15) is 20.8 Å². The molecule has 0 spiro atoms. The Labute approximate surface area is 66.7 Å². The van der Waals surface area contributed by atoms with Gasteiger partial charge in [-0.05, 0) is 20.8 Å². The number of hydrogen-bond donors (Lipinski definition) is 0. The first-order chi connectivity index (χ1) is 5.15. The summed E-state index contributed by atoms with van der Waals surface area (Å²) in [6.45, 7) is 5.22. The minimum absolute atomic E-state index is 0.00644. The maximum Gasteiger partial charge on any atom is 0.118 e. The average Bonchev–Trinajstić information content (AvgIpc) is 1.97. The van der Waals surface area contributed by atoms with Crippen molar-refractivity contribution in [3.05, 3.63) is 0 Å². The first-order valence-electron chi connectivity index (χ1n) is 4.02. The van der Waals surface area contributed by atoms with E-state index in [1.165, 1.54) is 0 Å². The molecule has 0 aromatic carbocycles. The van der Waals surface area contributed by atoms with Crippen LogP contribution < -0.4 is 0 Å². The second-order valence-electron chi connectivity index (χ2n) is 3.08. The highest BCUT2D eigenvalue weighted by Crippen LogP contribution is 2.19. The van der Waals surface area contributed by atoms with E-state index >= 15 is 0 Å². The Morgan fingerprint density at radius 2 is 1.55 bits per heavy atom. The molecule has 1 rings (SSSR count). The van der Waals surface area contributed by atoms with Crippen molar-refractivity contribution in [1.82, 2.24) is 0 Å². The van der Waals surface area contributed by atoms with Crippen LogP contribution in [0.3, 0.4) is 0 Å². The first kappa shape index (κ1) is 8.94. The van der Waals surface area contributed by atoms with Gasteiger partial charge in [0.15, 0.2) is 0 Å². The summed E-state index contributed by atoms with van der Waals surface area (Å²) in [4.78, 5) is 0. The Hall–Kier alpha value is -0.150. The van der Waals surface area contributed by atoms with Gasteiger partial charge in [-0.15, -0.1) is 0 Å². The summed E-state index contributed by atoms with van der Waals surface area (Å²) in [5, 5.41) is 0. The summed E-state index contributed by atoms with van der Waals surface area (Å²) >= 11 is 0. The molecule has 2 nitrogen and oxygen atoms in total. The molecule has 66 valence electrons. The zero-order chi connectivity index (χ0) is 8.43. The normalized spacial score (nSPS) is 45.8. The van der Waals surface area contributed by atoms with Crippen molar-refractivity contribution in [2.45, 2.75) is 45.2 Å². The lowest BCUT2D eigenvalue weighted by Crippen LogP contribution is -2.46. The van der Waals surface area contributed by atoms with Crippen molar-refractivity contribution < 1.29 is 13.9 Å². The van der Waals surface area contributed by atoms with Gasteiger partial charge in [0.05, 0.1) is 18.3 Å². The molecule has 0 aromatic rings. The van der Waals surface area contributed by atoms with Gasteiger partial charge < -0.3 is 9.47 Å². The molecular formula is C8H15FO2. The third kappa shape index (κ3) is 1.91. The second-order valence-corrected chi connectivity index (χ2v) is 3.08. The van der Waals surface area contributed by atoms with E-state index in [4.69, 9.17) is 9.47 Å². The van der Waals surface area contributed by atoms with E-state index < -0.39 is 6.67 Å². The van der Waals surface area contributed by atoms with Gasteiger partial charge in [0.1, 0.15) is 12.8 Å². The quantitative estimate of drug-likeness (QED) is 0.582. The lowest BCUT2D eigenvalue weighted by atomic mass is 10.1. The number of ether oxygens (including phenoxy) is 2. The maximum absolute atomic E-state index is 12.2. The number of hydrogen-bond acceptors (Lipinski definition) is 2. The van der Waals surface area contributed by atoms with E-state index in [0.717, 1.165) is 0 Å². The molecule has 0 saturated carbocycles. The first-order valence-corrected chi connectivity index (χ1v) is 4.02. The van der Waals surface area contributed by atoms with Crippen LogP contribution in [0.4, 0.5) is 4.39 Å². The van der Waals surface area contributed by atoms with Gasteiger partial charge in [-0.2, -0.15) is 0 Å². The third-order valence-corrected chi connectivity index (χ3v) is 2.16. The number of rotatable bonds is 1. The highest BCUT2D eigenvalue weighted by atomic mass is 19.1. The van der Waals surface area contributed by atoms with Gasteiger partial charge in [-0.25, -0.2) is 4.39 Å². The molecule has 4 unspecified atom stereocenters. The van der Waals surface area contributed by atoms with Gasteiger partial charge in [0.25, 0.3) is 0 Å². The summed E-state index contributed by atoms with van der Waals surface area (Å²) < 4.78 is 23.0. The van der Waals surface area contributed by atoms with E-state index in [1.807, 2.05) is 20.8 Å². The molecule has 0 N–H and O–H groups in total. The Balaban J connectivity index is 2.48. The van der Waals surface area contributed by atoms with E-state index in [-0.39, 0.29) is 24.4 Å². The Kier molecular flexibility index (Phi) is 2.84. The molecule has 1 aliphatic heterocycles. The van der Waals surface area contributed by atoms with Crippen LogP contribution in [0.25, 0.3) is 0 Å². The summed E-state index contributed by atoms with van der Waals surface area (Å²) in [6, 6.07) is 0. The third-order valence-electron chi connectivity index (χ3n) is 2.16. The SMILES string of the molecule is CC1OC(C)C(CF)OC1C. The average molecular weight is 162 g/mol. The van der Waals surface area contributed by atoms with Crippen molar-refractivity contribution >= 4 is 0 Å². The number of alkyl halides is 1. The van der Waals surface area contributed by atoms with Crippen molar-refractivity contribution in [1.29, 1.82) is 0 Å². The highest BCUT2D eigenvalue weighted by Gasteiger charge is 2.31. The lowest BCUT2D eigenvalue weighted by Gasteiger charge is -2.36. The van der Waals surface area contributed by atoms with Crippen molar-refractivity contribution in [2.24, 2.45) is 0 Å². The standard InChI is InChI=1S/C8H15FO2/c1-5-6(2)11-8(4-9)7(3)10-5/h5-8H,4H2,1-3H3. The molecule has 0 amide bonds. The molecule has 0 radical (unpaired) electrons. The van der Waals surface area contributed by atoms with Crippen LogP contribution in [0.15, 0.2) is 0 Å². The molecule has 1 heterocycles. The monoisotopic (exact) mass is 162 g/mol. The molecule has 11 heavy (non-hydrogen) atoms. The number of halogens is 1. The van der Waals surface area contributed by atoms with Gasteiger partial charge >= 0.3 is 0 Å². The van der Waals surface area contributed by atoms with Crippen LogP contribution in [0.5, 0.6) is 0 Å². The Morgan fingerprint density at radius 1 is 1.00 bits per heavy atom. The predicted molar refractivity (Wildman–Crippen MR) is 40.3 cm³/mol. The fourth-order valence-corrected chi connectivity index (χ4v) is 1.20. The van der Waals surface area contributed by atoms with Crippen molar-refractivity contribution in [3.63, 3.8) is 0 Å². The molecule has 0 aliphatic carbocycles. The van der Waals surface area contributed by atoms with E-state index in [0.29, 0.717) is 0 Å². The van der Waals surface area contributed by atoms with Crippen LogP contribution in [0, 0.1) is 0 Å². The zero-order valence-electron chi connectivity index (χ0n) is 7.21. The fraction of sp³-hybridized carbons (Fsp3) is 1.00. The van der Waals surface area contributed by atoms with Crippen LogP contribution >= 0.6 is 0 Å². The molecule has 0 bridgehead atoms.